The Labute approximate surface area is 129 Å². The van der Waals surface area contributed by atoms with Crippen LogP contribution in [0.15, 0.2) is 60.7 Å². The minimum absolute atomic E-state index is 0.272. The molecule has 4 heteroatoms. The quantitative estimate of drug-likeness (QED) is 0.733. The highest BCUT2D eigenvalue weighted by atomic mass is 16.6. The summed E-state index contributed by atoms with van der Waals surface area (Å²) in [5, 5.41) is 1.10. The number of benzene rings is 2. The predicted octanol–water partition coefficient (Wildman–Crippen LogP) is 3.95. The number of carbonyl (C=O) groups excluding carboxylic acids is 1. The molecule has 3 rings (SSSR count). The molecule has 22 heavy (non-hydrogen) atoms. The minimum atomic E-state index is -0.366. The van der Waals surface area contributed by atoms with Crippen molar-refractivity contribution in [3.8, 4) is 0 Å². The van der Waals surface area contributed by atoms with Gasteiger partial charge in [0.05, 0.1) is 0 Å². The Morgan fingerprint density at radius 3 is 2.50 bits per heavy atom. The number of ether oxygens (including phenoxy) is 1. The Hall–Kier alpha value is -2.75. The third-order valence-corrected chi connectivity index (χ3v) is 3.75. The van der Waals surface area contributed by atoms with E-state index < -0.39 is 0 Å². The number of aryl methyl sites for hydroxylation is 1. The van der Waals surface area contributed by atoms with E-state index in [4.69, 9.17) is 4.74 Å². The van der Waals surface area contributed by atoms with E-state index in [9.17, 15) is 4.79 Å². The molecule has 0 N–H and O–H groups in total. The van der Waals surface area contributed by atoms with Gasteiger partial charge in [-0.15, -0.1) is 0 Å². The lowest BCUT2D eigenvalue weighted by Crippen LogP contribution is -2.28. The van der Waals surface area contributed by atoms with Gasteiger partial charge >= 0.3 is 6.09 Å². The number of nitrogens with zero attached hydrogens (tertiary/aromatic N) is 2. The number of para-hydroxylation sites is 1. The molecule has 0 fully saturated rings. The molecule has 112 valence electrons. The molecule has 0 unspecified atom stereocenters. The maximum Gasteiger partial charge on any atom is 0.415 e. The van der Waals surface area contributed by atoms with Crippen LogP contribution in [0.1, 0.15) is 5.56 Å². The second kappa shape index (κ2) is 5.93. The molecule has 0 bridgehead atoms. The second-order valence-corrected chi connectivity index (χ2v) is 5.22. The van der Waals surface area contributed by atoms with Gasteiger partial charge < -0.3 is 9.30 Å². The molecule has 0 saturated carbocycles. The van der Waals surface area contributed by atoms with Crippen molar-refractivity contribution in [3.63, 3.8) is 0 Å². The van der Waals surface area contributed by atoms with Crippen molar-refractivity contribution >= 4 is 22.8 Å². The van der Waals surface area contributed by atoms with Crippen LogP contribution in [0.3, 0.4) is 0 Å². The zero-order chi connectivity index (χ0) is 15.5. The third kappa shape index (κ3) is 2.68. The Balaban J connectivity index is 1.76. The maximum absolute atomic E-state index is 12.2. The molecule has 0 aliphatic heterocycles. The van der Waals surface area contributed by atoms with Crippen LogP contribution in [-0.4, -0.2) is 17.7 Å². The summed E-state index contributed by atoms with van der Waals surface area (Å²) in [6, 6.07) is 19.7. The SMILES string of the molecule is CN(C(=O)OCc1ccccc1)c1cc2ccccc2n1C. The van der Waals surface area contributed by atoms with E-state index in [1.807, 2.05) is 72.3 Å². The molecular formula is C18H18N2O2. The summed E-state index contributed by atoms with van der Waals surface area (Å²) in [6.45, 7) is 0.272. The lowest BCUT2D eigenvalue weighted by Gasteiger charge is -2.17. The molecule has 0 radical (unpaired) electrons. The van der Waals surface area contributed by atoms with Crippen molar-refractivity contribution in [1.82, 2.24) is 4.57 Å². The summed E-state index contributed by atoms with van der Waals surface area (Å²) >= 11 is 0. The first kappa shape index (κ1) is 14.2. The van der Waals surface area contributed by atoms with E-state index in [0.717, 1.165) is 22.3 Å². The molecule has 1 aromatic heterocycles. The van der Waals surface area contributed by atoms with Crippen LogP contribution in [-0.2, 0) is 18.4 Å². The molecule has 4 nitrogen and oxygen atoms in total. The molecule has 0 saturated heterocycles. The molecular weight excluding hydrogens is 276 g/mol. The van der Waals surface area contributed by atoms with E-state index in [1.165, 1.54) is 4.90 Å². The largest absolute Gasteiger partial charge is 0.444 e. The van der Waals surface area contributed by atoms with Crippen molar-refractivity contribution in [1.29, 1.82) is 0 Å². The van der Waals surface area contributed by atoms with Gasteiger partial charge in [-0.3, -0.25) is 4.90 Å². The van der Waals surface area contributed by atoms with Crippen LogP contribution >= 0.6 is 0 Å². The first-order valence-electron chi connectivity index (χ1n) is 7.15. The highest BCUT2D eigenvalue weighted by Gasteiger charge is 2.17. The average molecular weight is 294 g/mol. The summed E-state index contributed by atoms with van der Waals surface area (Å²) in [6.07, 6.45) is -0.366. The molecule has 0 aliphatic rings. The summed E-state index contributed by atoms with van der Waals surface area (Å²) < 4.78 is 7.35. The lowest BCUT2D eigenvalue weighted by atomic mass is 10.2. The second-order valence-electron chi connectivity index (χ2n) is 5.22. The zero-order valence-corrected chi connectivity index (χ0v) is 12.7. The van der Waals surface area contributed by atoms with Gasteiger partial charge in [0.1, 0.15) is 12.4 Å². The Bertz CT molecular complexity index is 793. The van der Waals surface area contributed by atoms with Crippen LogP contribution in [0.25, 0.3) is 10.9 Å². The Kier molecular flexibility index (Phi) is 3.83. The maximum atomic E-state index is 12.2. The van der Waals surface area contributed by atoms with Gasteiger partial charge in [0, 0.05) is 25.0 Å². The fourth-order valence-corrected chi connectivity index (χ4v) is 2.51. The van der Waals surface area contributed by atoms with Crippen LogP contribution in [0.2, 0.25) is 0 Å². The predicted molar refractivity (Wildman–Crippen MR) is 87.9 cm³/mol. The number of anilines is 1. The van der Waals surface area contributed by atoms with Gasteiger partial charge in [0.2, 0.25) is 0 Å². The van der Waals surface area contributed by atoms with E-state index in [2.05, 4.69) is 0 Å². The monoisotopic (exact) mass is 294 g/mol. The van der Waals surface area contributed by atoms with Gasteiger partial charge in [-0.25, -0.2) is 4.79 Å². The highest BCUT2D eigenvalue weighted by Crippen LogP contribution is 2.24. The normalized spacial score (nSPS) is 10.6. The molecule has 2 aromatic carbocycles. The Morgan fingerprint density at radius 2 is 1.77 bits per heavy atom. The lowest BCUT2D eigenvalue weighted by molar-refractivity contribution is 0.148. The van der Waals surface area contributed by atoms with Crippen molar-refractivity contribution in [3.05, 3.63) is 66.2 Å². The fourth-order valence-electron chi connectivity index (χ4n) is 2.51. The summed E-state index contributed by atoms with van der Waals surface area (Å²) in [5.41, 5.74) is 2.06. The van der Waals surface area contributed by atoms with Crippen molar-refractivity contribution in [2.24, 2.45) is 7.05 Å². The van der Waals surface area contributed by atoms with Gasteiger partial charge in [-0.2, -0.15) is 0 Å². The number of hydrogen-bond donors (Lipinski definition) is 0. The van der Waals surface area contributed by atoms with Crippen molar-refractivity contribution < 1.29 is 9.53 Å². The summed E-state index contributed by atoms with van der Waals surface area (Å²) in [5.74, 6) is 0.805. The molecule has 0 spiro atoms. The van der Waals surface area contributed by atoms with E-state index in [1.54, 1.807) is 7.05 Å². The topological polar surface area (TPSA) is 34.5 Å². The zero-order valence-electron chi connectivity index (χ0n) is 12.7. The van der Waals surface area contributed by atoms with E-state index in [-0.39, 0.29) is 12.7 Å². The fraction of sp³-hybridized carbons (Fsp3) is 0.167. The van der Waals surface area contributed by atoms with Gasteiger partial charge in [0.25, 0.3) is 0 Å². The van der Waals surface area contributed by atoms with Crippen molar-refractivity contribution in [2.45, 2.75) is 6.61 Å². The third-order valence-electron chi connectivity index (χ3n) is 3.75. The smallest absolute Gasteiger partial charge is 0.415 e. The van der Waals surface area contributed by atoms with Crippen LogP contribution in [0.5, 0.6) is 0 Å². The van der Waals surface area contributed by atoms with E-state index in [0.29, 0.717) is 0 Å². The number of amides is 1. The molecule has 1 heterocycles. The van der Waals surface area contributed by atoms with E-state index >= 15 is 0 Å². The number of rotatable bonds is 3. The van der Waals surface area contributed by atoms with Gasteiger partial charge in [-0.1, -0.05) is 48.5 Å². The van der Waals surface area contributed by atoms with Crippen LogP contribution in [0.4, 0.5) is 10.6 Å². The van der Waals surface area contributed by atoms with Crippen LogP contribution < -0.4 is 4.90 Å². The average Bonchev–Trinajstić information content (AvgIpc) is 2.90. The number of fused-ring (bicyclic) bond motifs is 1. The number of aromatic nitrogens is 1. The molecule has 3 aromatic rings. The Morgan fingerprint density at radius 1 is 1.09 bits per heavy atom. The van der Waals surface area contributed by atoms with Crippen molar-refractivity contribution in [2.75, 3.05) is 11.9 Å². The highest BCUT2D eigenvalue weighted by molar-refractivity contribution is 5.92. The molecule has 1 amide bonds. The number of hydrogen-bond acceptors (Lipinski definition) is 2. The van der Waals surface area contributed by atoms with Gasteiger partial charge in [0.15, 0.2) is 0 Å². The molecule has 0 aliphatic carbocycles. The van der Waals surface area contributed by atoms with Crippen LogP contribution in [0, 0.1) is 0 Å². The first-order valence-corrected chi connectivity index (χ1v) is 7.15. The first-order chi connectivity index (χ1) is 10.7. The summed E-state index contributed by atoms with van der Waals surface area (Å²) in [4.78, 5) is 13.8. The van der Waals surface area contributed by atoms with Gasteiger partial charge in [-0.05, 0) is 17.7 Å². The molecule has 0 atom stereocenters. The minimum Gasteiger partial charge on any atom is -0.444 e. The standard InChI is InChI=1S/C18H18N2O2/c1-19-16-11-7-6-10-15(16)12-17(19)20(2)18(21)22-13-14-8-4-3-5-9-14/h3-12H,13H2,1-2H3. The number of carbonyl (C=O) groups is 1. The summed E-state index contributed by atoms with van der Waals surface area (Å²) in [7, 11) is 3.67.